The van der Waals surface area contributed by atoms with Crippen LogP contribution in [0.15, 0.2) is 66.3 Å². The Kier molecular flexibility index (Phi) is 5.33. The number of amides is 3. The highest BCUT2D eigenvalue weighted by Gasteiger charge is 2.40. The van der Waals surface area contributed by atoms with Gasteiger partial charge in [-0.3, -0.25) is 24.5 Å². The predicted octanol–water partition coefficient (Wildman–Crippen LogP) is 3.20. The van der Waals surface area contributed by atoms with E-state index in [2.05, 4.69) is 6.58 Å². The van der Waals surface area contributed by atoms with Crippen molar-refractivity contribution >= 4 is 34.7 Å². The summed E-state index contributed by atoms with van der Waals surface area (Å²) >= 11 is 0. The van der Waals surface area contributed by atoms with E-state index in [-0.39, 0.29) is 28.4 Å². The summed E-state index contributed by atoms with van der Waals surface area (Å²) in [5.74, 6) is -1.39. The number of rotatable bonds is 5. The van der Waals surface area contributed by atoms with Gasteiger partial charge in [-0.25, -0.2) is 4.90 Å². The van der Waals surface area contributed by atoms with Gasteiger partial charge in [-0.05, 0) is 42.3 Å². The molecule has 8 heteroatoms. The number of nitrogens with zero attached hydrogens (tertiary/aromatic N) is 3. The molecule has 1 aliphatic heterocycles. The lowest BCUT2D eigenvalue weighted by atomic mass is 9.96. The van der Waals surface area contributed by atoms with Gasteiger partial charge in [0.05, 0.1) is 21.8 Å². The number of benzene rings is 2. The van der Waals surface area contributed by atoms with E-state index < -0.39 is 16.7 Å². The molecule has 0 N–H and O–H groups in total. The number of carbonyl (C=O) groups excluding carboxylic acids is 3. The third-order valence-corrected chi connectivity index (χ3v) is 4.63. The minimum atomic E-state index is -0.582. The standard InChI is InChI=1S/C22H19N3O5/c1-13(2)18-19(14-6-5-7-15(12-14)20(26)23(3)4)22(28)24(21(18)27)16-8-10-17(11-9-16)25(29)30/h5-12H,1H2,2-4H3. The van der Waals surface area contributed by atoms with Gasteiger partial charge in [-0.1, -0.05) is 18.7 Å². The van der Waals surface area contributed by atoms with Crippen molar-refractivity contribution in [3.05, 3.63) is 87.5 Å². The summed E-state index contributed by atoms with van der Waals surface area (Å²) in [5.41, 5.74) is 1.54. The van der Waals surface area contributed by atoms with Gasteiger partial charge in [0.1, 0.15) is 0 Å². The normalized spacial score (nSPS) is 13.6. The molecule has 0 aromatic heterocycles. The average Bonchev–Trinajstić information content (AvgIpc) is 2.97. The average molecular weight is 405 g/mol. The van der Waals surface area contributed by atoms with Crippen molar-refractivity contribution in [2.45, 2.75) is 6.92 Å². The second-order valence-corrected chi connectivity index (χ2v) is 7.03. The molecule has 0 bridgehead atoms. The fraction of sp³-hybridized carbons (Fsp3) is 0.136. The van der Waals surface area contributed by atoms with Crippen LogP contribution >= 0.6 is 0 Å². The lowest BCUT2D eigenvalue weighted by Crippen LogP contribution is -2.31. The molecule has 0 spiro atoms. The second kappa shape index (κ2) is 7.75. The zero-order valence-corrected chi connectivity index (χ0v) is 16.7. The van der Waals surface area contributed by atoms with Gasteiger partial charge in [0.15, 0.2) is 0 Å². The first-order valence-corrected chi connectivity index (χ1v) is 8.99. The van der Waals surface area contributed by atoms with Crippen molar-refractivity contribution in [1.82, 2.24) is 4.90 Å². The SMILES string of the molecule is C=C(C)C1=C(c2cccc(C(=O)N(C)C)c2)C(=O)N(c2ccc([N+](=O)[O-])cc2)C1=O. The Morgan fingerprint density at radius 3 is 2.23 bits per heavy atom. The third-order valence-electron chi connectivity index (χ3n) is 4.63. The Balaban J connectivity index is 2.10. The molecule has 1 aliphatic rings. The second-order valence-electron chi connectivity index (χ2n) is 7.03. The highest BCUT2D eigenvalue weighted by Crippen LogP contribution is 2.36. The molecule has 3 amide bonds. The number of nitro groups is 1. The maximum atomic E-state index is 13.2. The molecule has 0 saturated heterocycles. The number of anilines is 1. The van der Waals surface area contributed by atoms with E-state index in [1.807, 2.05) is 0 Å². The Labute approximate surface area is 172 Å². The van der Waals surface area contributed by atoms with Gasteiger partial charge in [0.25, 0.3) is 23.4 Å². The first-order chi connectivity index (χ1) is 14.1. The van der Waals surface area contributed by atoms with Gasteiger partial charge < -0.3 is 4.90 Å². The smallest absolute Gasteiger partial charge is 0.269 e. The molecule has 0 fully saturated rings. The molecular formula is C22H19N3O5. The van der Waals surface area contributed by atoms with Crippen LogP contribution in [0, 0.1) is 10.1 Å². The fourth-order valence-electron chi connectivity index (χ4n) is 3.22. The van der Waals surface area contributed by atoms with Crippen LogP contribution in [-0.2, 0) is 9.59 Å². The minimum Gasteiger partial charge on any atom is -0.345 e. The van der Waals surface area contributed by atoms with Crippen molar-refractivity contribution in [2.75, 3.05) is 19.0 Å². The van der Waals surface area contributed by atoms with Gasteiger partial charge in [-0.15, -0.1) is 0 Å². The Morgan fingerprint density at radius 1 is 1.07 bits per heavy atom. The van der Waals surface area contributed by atoms with Crippen molar-refractivity contribution in [3.8, 4) is 0 Å². The summed E-state index contributed by atoms with van der Waals surface area (Å²) in [6, 6.07) is 11.6. The van der Waals surface area contributed by atoms with Crippen LogP contribution < -0.4 is 4.90 Å². The first-order valence-electron chi connectivity index (χ1n) is 8.99. The molecule has 0 saturated carbocycles. The van der Waals surface area contributed by atoms with Crippen LogP contribution in [0.2, 0.25) is 0 Å². The molecule has 2 aromatic carbocycles. The van der Waals surface area contributed by atoms with E-state index in [9.17, 15) is 24.5 Å². The van der Waals surface area contributed by atoms with Crippen LogP contribution in [0.5, 0.6) is 0 Å². The van der Waals surface area contributed by atoms with Crippen molar-refractivity contribution in [2.24, 2.45) is 0 Å². The van der Waals surface area contributed by atoms with E-state index in [4.69, 9.17) is 0 Å². The van der Waals surface area contributed by atoms with Crippen molar-refractivity contribution < 1.29 is 19.3 Å². The molecule has 1 heterocycles. The van der Waals surface area contributed by atoms with Crippen molar-refractivity contribution in [1.29, 1.82) is 0 Å². The van der Waals surface area contributed by atoms with Gasteiger partial charge >= 0.3 is 0 Å². The van der Waals surface area contributed by atoms with Gasteiger partial charge in [0, 0.05) is 31.8 Å². The molecule has 2 aromatic rings. The van der Waals surface area contributed by atoms with Crippen LogP contribution in [0.25, 0.3) is 5.57 Å². The number of imide groups is 1. The minimum absolute atomic E-state index is 0.138. The topological polar surface area (TPSA) is 101 Å². The highest BCUT2D eigenvalue weighted by atomic mass is 16.6. The Hall–Kier alpha value is -4.07. The summed E-state index contributed by atoms with van der Waals surface area (Å²) in [7, 11) is 3.24. The van der Waals surface area contributed by atoms with E-state index >= 15 is 0 Å². The van der Waals surface area contributed by atoms with Crippen molar-refractivity contribution in [3.63, 3.8) is 0 Å². The monoisotopic (exact) mass is 405 g/mol. The van der Waals surface area contributed by atoms with E-state index in [1.165, 1.54) is 29.2 Å². The molecule has 0 radical (unpaired) electrons. The maximum Gasteiger partial charge on any atom is 0.269 e. The zero-order chi connectivity index (χ0) is 22.2. The van der Waals surface area contributed by atoms with Crippen LogP contribution in [0.3, 0.4) is 0 Å². The molecule has 3 rings (SSSR count). The number of non-ortho nitro benzene ring substituents is 1. The molecular weight excluding hydrogens is 386 g/mol. The molecule has 0 atom stereocenters. The zero-order valence-electron chi connectivity index (χ0n) is 16.7. The first kappa shape index (κ1) is 20.7. The van der Waals surface area contributed by atoms with E-state index in [0.717, 1.165) is 4.90 Å². The third kappa shape index (κ3) is 3.50. The van der Waals surface area contributed by atoms with Gasteiger partial charge in [0.2, 0.25) is 0 Å². The van der Waals surface area contributed by atoms with Crippen LogP contribution in [-0.4, -0.2) is 41.6 Å². The number of nitro benzene ring substituents is 1. The predicted molar refractivity (Wildman–Crippen MR) is 112 cm³/mol. The maximum absolute atomic E-state index is 13.2. The number of hydrogen-bond acceptors (Lipinski definition) is 5. The molecule has 152 valence electrons. The quantitative estimate of drug-likeness (QED) is 0.432. The van der Waals surface area contributed by atoms with Gasteiger partial charge in [-0.2, -0.15) is 0 Å². The van der Waals surface area contributed by atoms with Crippen LogP contribution in [0.4, 0.5) is 11.4 Å². The highest BCUT2D eigenvalue weighted by molar-refractivity contribution is 6.46. The summed E-state index contributed by atoms with van der Waals surface area (Å²) in [4.78, 5) is 51.3. The lowest BCUT2D eigenvalue weighted by Gasteiger charge is -2.15. The number of carbonyl (C=O) groups is 3. The van der Waals surface area contributed by atoms with E-state index in [1.54, 1.807) is 45.3 Å². The molecule has 0 aliphatic carbocycles. The summed E-state index contributed by atoms with van der Waals surface area (Å²) < 4.78 is 0. The summed E-state index contributed by atoms with van der Waals surface area (Å²) in [5, 5.41) is 10.9. The lowest BCUT2D eigenvalue weighted by molar-refractivity contribution is -0.384. The summed E-state index contributed by atoms with van der Waals surface area (Å²) in [6.07, 6.45) is 0. The van der Waals surface area contributed by atoms with E-state index in [0.29, 0.717) is 16.7 Å². The fourth-order valence-corrected chi connectivity index (χ4v) is 3.22. The largest absolute Gasteiger partial charge is 0.345 e. The summed E-state index contributed by atoms with van der Waals surface area (Å²) in [6.45, 7) is 5.45. The van der Waals surface area contributed by atoms with Crippen LogP contribution in [0.1, 0.15) is 22.8 Å². The number of hydrogen-bond donors (Lipinski definition) is 0. The molecule has 30 heavy (non-hydrogen) atoms. The Morgan fingerprint density at radius 2 is 1.70 bits per heavy atom. The molecule has 0 unspecified atom stereocenters. The Bertz CT molecular complexity index is 1130. The molecule has 8 nitrogen and oxygen atoms in total.